The van der Waals surface area contributed by atoms with E-state index in [1.807, 2.05) is 0 Å². The van der Waals surface area contributed by atoms with Crippen LogP contribution in [0.3, 0.4) is 0 Å². The van der Waals surface area contributed by atoms with E-state index in [9.17, 15) is 5.11 Å². The molecule has 0 aromatic rings. The molecular weight excluding hydrogens is 206 g/mol. The SMILES string of the molecule is OCC1CCCC1CNCC1CCSC1. The maximum Gasteiger partial charge on any atom is 0.0462 e. The van der Waals surface area contributed by atoms with Crippen LogP contribution in [0.4, 0.5) is 0 Å². The summed E-state index contributed by atoms with van der Waals surface area (Å²) in [6, 6.07) is 0. The Balaban J connectivity index is 1.60. The summed E-state index contributed by atoms with van der Waals surface area (Å²) in [6.07, 6.45) is 5.27. The van der Waals surface area contributed by atoms with Crippen LogP contribution in [0.1, 0.15) is 25.7 Å². The van der Waals surface area contributed by atoms with E-state index in [0.29, 0.717) is 12.5 Å². The smallest absolute Gasteiger partial charge is 0.0462 e. The van der Waals surface area contributed by atoms with Crippen molar-refractivity contribution in [2.24, 2.45) is 17.8 Å². The fraction of sp³-hybridized carbons (Fsp3) is 1.00. The lowest BCUT2D eigenvalue weighted by molar-refractivity contribution is 0.191. The van der Waals surface area contributed by atoms with Crippen molar-refractivity contribution in [3.63, 3.8) is 0 Å². The topological polar surface area (TPSA) is 32.3 Å². The molecule has 0 aromatic heterocycles. The molecular formula is C12H23NOS. The molecule has 3 atom stereocenters. The summed E-state index contributed by atoms with van der Waals surface area (Å²) >= 11 is 2.09. The van der Waals surface area contributed by atoms with Gasteiger partial charge in [-0.3, -0.25) is 0 Å². The van der Waals surface area contributed by atoms with Crippen LogP contribution in [0.2, 0.25) is 0 Å². The van der Waals surface area contributed by atoms with E-state index in [2.05, 4.69) is 17.1 Å². The van der Waals surface area contributed by atoms with Gasteiger partial charge in [-0.25, -0.2) is 0 Å². The van der Waals surface area contributed by atoms with Gasteiger partial charge >= 0.3 is 0 Å². The van der Waals surface area contributed by atoms with Crippen molar-refractivity contribution < 1.29 is 5.11 Å². The van der Waals surface area contributed by atoms with Crippen LogP contribution in [-0.4, -0.2) is 36.3 Å². The molecule has 0 radical (unpaired) electrons. The maximum absolute atomic E-state index is 9.22. The summed E-state index contributed by atoms with van der Waals surface area (Å²) in [6.45, 7) is 2.72. The van der Waals surface area contributed by atoms with Crippen LogP contribution in [0, 0.1) is 17.8 Å². The summed E-state index contributed by atoms with van der Waals surface area (Å²) in [5.41, 5.74) is 0. The van der Waals surface area contributed by atoms with E-state index in [1.165, 1.54) is 43.7 Å². The van der Waals surface area contributed by atoms with E-state index in [-0.39, 0.29) is 0 Å². The molecule has 1 saturated carbocycles. The van der Waals surface area contributed by atoms with Crippen LogP contribution >= 0.6 is 11.8 Å². The minimum Gasteiger partial charge on any atom is -0.396 e. The van der Waals surface area contributed by atoms with Gasteiger partial charge in [0.15, 0.2) is 0 Å². The van der Waals surface area contributed by atoms with E-state index >= 15 is 0 Å². The Hall–Kier alpha value is 0.270. The molecule has 3 unspecified atom stereocenters. The number of thioether (sulfide) groups is 1. The summed E-state index contributed by atoms with van der Waals surface area (Å²) in [5, 5.41) is 12.8. The second-order valence-corrected chi connectivity index (χ2v) is 6.17. The first-order valence-electron chi connectivity index (χ1n) is 6.29. The summed E-state index contributed by atoms with van der Waals surface area (Å²) in [4.78, 5) is 0. The Kier molecular flexibility index (Phi) is 4.79. The molecule has 15 heavy (non-hydrogen) atoms. The number of aliphatic hydroxyl groups excluding tert-OH is 1. The normalized spacial score (nSPS) is 36.2. The van der Waals surface area contributed by atoms with Crippen LogP contribution in [0.25, 0.3) is 0 Å². The van der Waals surface area contributed by atoms with E-state index < -0.39 is 0 Å². The average molecular weight is 229 g/mol. The Labute approximate surface area is 97.2 Å². The summed E-state index contributed by atoms with van der Waals surface area (Å²) < 4.78 is 0. The molecule has 1 saturated heterocycles. The first-order chi connectivity index (χ1) is 7.40. The molecule has 1 aliphatic heterocycles. The van der Waals surface area contributed by atoms with Gasteiger partial charge in [0.25, 0.3) is 0 Å². The van der Waals surface area contributed by atoms with Gasteiger partial charge < -0.3 is 10.4 Å². The molecule has 0 amide bonds. The van der Waals surface area contributed by atoms with Crippen molar-refractivity contribution in [1.29, 1.82) is 0 Å². The van der Waals surface area contributed by atoms with Gasteiger partial charge in [-0.2, -0.15) is 11.8 Å². The Morgan fingerprint density at radius 1 is 1.13 bits per heavy atom. The second-order valence-electron chi connectivity index (χ2n) is 5.02. The van der Waals surface area contributed by atoms with Crippen molar-refractivity contribution in [3.05, 3.63) is 0 Å². The predicted molar refractivity (Wildman–Crippen MR) is 66.2 cm³/mol. The molecule has 2 aliphatic rings. The quantitative estimate of drug-likeness (QED) is 0.753. The standard InChI is InChI=1S/C12H23NOS/c14-8-12-3-1-2-11(12)7-13-6-10-4-5-15-9-10/h10-14H,1-9H2. The molecule has 0 spiro atoms. The minimum atomic E-state index is 0.394. The van der Waals surface area contributed by atoms with E-state index in [0.717, 1.165) is 18.4 Å². The minimum absolute atomic E-state index is 0.394. The molecule has 0 bridgehead atoms. The number of hydrogen-bond acceptors (Lipinski definition) is 3. The average Bonchev–Trinajstić information content (AvgIpc) is 2.88. The fourth-order valence-corrected chi connectivity index (χ4v) is 4.12. The van der Waals surface area contributed by atoms with Crippen molar-refractivity contribution in [2.75, 3.05) is 31.2 Å². The highest BCUT2D eigenvalue weighted by Gasteiger charge is 2.26. The van der Waals surface area contributed by atoms with Gasteiger partial charge in [0, 0.05) is 6.61 Å². The fourth-order valence-electron chi connectivity index (χ4n) is 2.84. The van der Waals surface area contributed by atoms with Crippen LogP contribution in [0.15, 0.2) is 0 Å². The molecule has 1 heterocycles. The zero-order valence-electron chi connectivity index (χ0n) is 9.45. The molecule has 88 valence electrons. The number of nitrogens with one attached hydrogen (secondary N) is 1. The number of rotatable bonds is 5. The Bertz CT molecular complexity index is 182. The van der Waals surface area contributed by atoms with Crippen LogP contribution in [-0.2, 0) is 0 Å². The van der Waals surface area contributed by atoms with Gasteiger partial charge in [0.1, 0.15) is 0 Å². The van der Waals surface area contributed by atoms with E-state index in [1.54, 1.807) is 0 Å². The third-order valence-electron chi connectivity index (χ3n) is 3.91. The highest BCUT2D eigenvalue weighted by atomic mass is 32.2. The zero-order valence-corrected chi connectivity index (χ0v) is 10.3. The monoisotopic (exact) mass is 229 g/mol. The van der Waals surface area contributed by atoms with Crippen LogP contribution < -0.4 is 5.32 Å². The molecule has 2 fully saturated rings. The third-order valence-corrected chi connectivity index (χ3v) is 5.15. The molecule has 2 nitrogen and oxygen atoms in total. The first kappa shape index (κ1) is 11.7. The Morgan fingerprint density at radius 3 is 2.73 bits per heavy atom. The lowest BCUT2D eigenvalue weighted by atomic mass is 9.97. The van der Waals surface area contributed by atoms with Gasteiger partial charge in [-0.1, -0.05) is 6.42 Å². The van der Waals surface area contributed by atoms with Crippen LogP contribution in [0.5, 0.6) is 0 Å². The molecule has 2 N–H and O–H groups in total. The summed E-state index contributed by atoms with van der Waals surface area (Å²) in [7, 11) is 0. The molecule has 3 heteroatoms. The van der Waals surface area contributed by atoms with Crippen molar-refractivity contribution in [1.82, 2.24) is 5.32 Å². The highest BCUT2D eigenvalue weighted by molar-refractivity contribution is 7.99. The van der Waals surface area contributed by atoms with Gasteiger partial charge in [-0.15, -0.1) is 0 Å². The van der Waals surface area contributed by atoms with Gasteiger partial charge in [0.05, 0.1) is 0 Å². The molecule has 0 aromatic carbocycles. The summed E-state index contributed by atoms with van der Waals surface area (Å²) in [5.74, 6) is 4.93. The number of hydrogen-bond donors (Lipinski definition) is 2. The zero-order chi connectivity index (χ0) is 10.5. The third kappa shape index (κ3) is 3.36. The molecule has 1 aliphatic carbocycles. The molecule has 2 rings (SSSR count). The Morgan fingerprint density at radius 2 is 2.00 bits per heavy atom. The maximum atomic E-state index is 9.22. The van der Waals surface area contributed by atoms with Crippen molar-refractivity contribution >= 4 is 11.8 Å². The van der Waals surface area contributed by atoms with Gasteiger partial charge in [0.2, 0.25) is 0 Å². The van der Waals surface area contributed by atoms with Gasteiger partial charge in [-0.05, 0) is 61.6 Å². The lowest BCUT2D eigenvalue weighted by Gasteiger charge is -2.19. The number of aliphatic hydroxyl groups is 1. The highest BCUT2D eigenvalue weighted by Crippen LogP contribution is 2.30. The predicted octanol–water partition coefficient (Wildman–Crippen LogP) is 1.74. The van der Waals surface area contributed by atoms with E-state index in [4.69, 9.17) is 0 Å². The first-order valence-corrected chi connectivity index (χ1v) is 7.45. The largest absolute Gasteiger partial charge is 0.396 e. The van der Waals surface area contributed by atoms with Crippen molar-refractivity contribution in [3.8, 4) is 0 Å². The van der Waals surface area contributed by atoms with Crippen molar-refractivity contribution in [2.45, 2.75) is 25.7 Å². The lowest BCUT2D eigenvalue weighted by Crippen LogP contribution is -2.30. The second kappa shape index (κ2) is 6.12.